The highest BCUT2D eigenvalue weighted by molar-refractivity contribution is 9.10. The monoisotopic (exact) mass is 285 g/mol. The topological polar surface area (TPSA) is 25.2 Å². The molecule has 1 aromatic rings. The number of rotatable bonds is 5. The summed E-state index contributed by atoms with van der Waals surface area (Å²) in [5.74, 6) is 2.50. The third-order valence-corrected chi connectivity index (χ3v) is 4.06. The molecule has 0 radical (unpaired) electrons. The normalized spacial score (nSPS) is 29.1. The lowest BCUT2D eigenvalue weighted by molar-refractivity contribution is 0.141. The maximum atomic E-state index is 5.66. The molecule has 3 heteroatoms. The fourth-order valence-corrected chi connectivity index (χ4v) is 3.01. The molecule has 0 saturated heterocycles. The van der Waals surface area contributed by atoms with Crippen LogP contribution in [0.15, 0.2) is 21.2 Å². The van der Waals surface area contributed by atoms with Crippen LogP contribution < -0.4 is 5.32 Å². The second-order valence-electron chi connectivity index (χ2n) is 4.62. The molecule has 0 aliphatic heterocycles. The Morgan fingerprint density at radius 3 is 2.81 bits per heavy atom. The first-order valence-electron chi connectivity index (χ1n) is 6.24. The number of furan rings is 1. The standard InChI is InChI=1S/C13H20BrNO/c1-3-7-15-11-8-10(9(11)4-2)12-5-6-13(14)16-12/h5-6,9-11,15H,3-4,7-8H2,1-2H3. The van der Waals surface area contributed by atoms with Crippen molar-refractivity contribution in [3.8, 4) is 0 Å². The first-order valence-corrected chi connectivity index (χ1v) is 7.04. The lowest BCUT2D eigenvalue weighted by atomic mass is 9.66. The minimum absolute atomic E-state index is 0.616. The van der Waals surface area contributed by atoms with Crippen LogP contribution in [0.1, 0.15) is 44.8 Å². The van der Waals surface area contributed by atoms with Gasteiger partial charge in [-0.15, -0.1) is 0 Å². The van der Waals surface area contributed by atoms with Crippen molar-refractivity contribution in [2.75, 3.05) is 6.54 Å². The molecule has 1 aliphatic carbocycles. The van der Waals surface area contributed by atoms with Crippen molar-refractivity contribution in [1.82, 2.24) is 5.32 Å². The van der Waals surface area contributed by atoms with E-state index in [0.29, 0.717) is 12.0 Å². The molecule has 2 nitrogen and oxygen atoms in total. The molecule has 1 N–H and O–H groups in total. The molecule has 3 unspecified atom stereocenters. The summed E-state index contributed by atoms with van der Waals surface area (Å²) in [6.45, 7) is 5.62. The average molecular weight is 286 g/mol. The number of hydrogen-bond donors (Lipinski definition) is 1. The fraction of sp³-hybridized carbons (Fsp3) is 0.692. The van der Waals surface area contributed by atoms with E-state index in [0.717, 1.165) is 22.9 Å². The lowest BCUT2D eigenvalue weighted by Gasteiger charge is -2.44. The van der Waals surface area contributed by atoms with Crippen molar-refractivity contribution in [3.63, 3.8) is 0 Å². The van der Waals surface area contributed by atoms with Crippen molar-refractivity contribution in [2.45, 2.75) is 45.1 Å². The summed E-state index contributed by atoms with van der Waals surface area (Å²) >= 11 is 3.37. The molecule has 0 bridgehead atoms. The van der Waals surface area contributed by atoms with E-state index in [1.54, 1.807) is 0 Å². The summed E-state index contributed by atoms with van der Waals surface area (Å²) < 4.78 is 6.51. The van der Waals surface area contributed by atoms with Crippen molar-refractivity contribution in [2.24, 2.45) is 5.92 Å². The maximum absolute atomic E-state index is 5.66. The van der Waals surface area contributed by atoms with E-state index >= 15 is 0 Å². The first kappa shape index (κ1) is 12.2. The minimum atomic E-state index is 0.616. The summed E-state index contributed by atoms with van der Waals surface area (Å²) in [6.07, 6.45) is 3.66. The van der Waals surface area contributed by atoms with Crippen LogP contribution in [0.3, 0.4) is 0 Å². The van der Waals surface area contributed by atoms with E-state index in [1.807, 2.05) is 6.07 Å². The van der Waals surface area contributed by atoms with Gasteiger partial charge in [-0.1, -0.05) is 20.3 Å². The number of nitrogens with one attached hydrogen (secondary N) is 1. The van der Waals surface area contributed by atoms with Gasteiger partial charge < -0.3 is 9.73 Å². The summed E-state index contributed by atoms with van der Waals surface area (Å²) in [4.78, 5) is 0. The van der Waals surface area contributed by atoms with Crippen LogP contribution in [0.5, 0.6) is 0 Å². The van der Waals surface area contributed by atoms with Crippen LogP contribution >= 0.6 is 15.9 Å². The molecule has 1 aromatic heterocycles. The zero-order valence-electron chi connectivity index (χ0n) is 10.0. The smallest absolute Gasteiger partial charge is 0.169 e. The molecular formula is C13H20BrNO. The molecular weight excluding hydrogens is 266 g/mol. The van der Waals surface area contributed by atoms with E-state index in [9.17, 15) is 0 Å². The summed E-state index contributed by atoms with van der Waals surface area (Å²) in [6, 6.07) is 4.79. The van der Waals surface area contributed by atoms with E-state index in [-0.39, 0.29) is 0 Å². The van der Waals surface area contributed by atoms with Gasteiger partial charge in [-0.05, 0) is 53.4 Å². The Morgan fingerprint density at radius 1 is 1.44 bits per heavy atom. The Hall–Kier alpha value is -0.280. The molecule has 1 fully saturated rings. The van der Waals surface area contributed by atoms with Crippen LogP contribution in [0.2, 0.25) is 0 Å². The molecule has 1 saturated carbocycles. The Bertz CT molecular complexity index is 336. The van der Waals surface area contributed by atoms with Crippen LogP contribution in [-0.2, 0) is 0 Å². The molecule has 90 valence electrons. The second-order valence-corrected chi connectivity index (χ2v) is 5.40. The van der Waals surface area contributed by atoms with Crippen molar-refractivity contribution in [3.05, 3.63) is 22.6 Å². The highest BCUT2D eigenvalue weighted by atomic mass is 79.9. The quantitative estimate of drug-likeness (QED) is 0.887. The van der Waals surface area contributed by atoms with Gasteiger partial charge >= 0.3 is 0 Å². The van der Waals surface area contributed by atoms with Crippen molar-refractivity contribution in [1.29, 1.82) is 0 Å². The lowest BCUT2D eigenvalue weighted by Crippen LogP contribution is -2.49. The Balaban J connectivity index is 1.94. The predicted octanol–water partition coefficient (Wildman–Crippen LogP) is 3.92. The van der Waals surface area contributed by atoms with Gasteiger partial charge in [0.1, 0.15) is 5.76 Å². The van der Waals surface area contributed by atoms with E-state index in [2.05, 4.69) is 41.2 Å². The molecule has 0 amide bonds. The largest absolute Gasteiger partial charge is 0.454 e. The van der Waals surface area contributed by atoms with Crippen molar-refractivity contribution >= 4 is 15.9 Å². The molecule has 2 rings (SSSR count). The van der Waals surface area contributed by atoms with Gasteiger partial charge in [0.15, 0.2) is 4.67 Å². The molecule has 1 aliphatic rings. The highest BCUT2D eigenvalue weighted by Crippen LogP contribution is 2.45. The van der Waals surface area contributed by atoms with Gasteiger partial charge in [-0.3, -0.25) is 0 Å². The van der Waals surface area contributed by atoms with Gasteiger partial charge in [-0.25, -0.2) is 0 Å². The molecule has 16 heavy (non-hydrogen) atoms. The van der Waals surface area contributed by atoms with E-state index in [4.69, 9.17) is 4.42 Å². The summed E-state index contributed by atoms with van der Waals surface area (Å²) in [5, 5.41) is 3.62. The van der Waals surface area contributed by atoms with Gasteiger partial charge in [-0.2, -0.15) is 0 Å². The third kappa shape index (κ3) is 2.35. The van der Waals surface area contributed by atoms with E-state index in [1.165, 1.54) is 19.3 Å². The Labute approximate surface area is 106 Å². The average Bonchev–Trinajstić information content (AvgIpc) is 2.64. The summed E-state index contributed by atoms with van der Waals surface area (Å²) in [7, 11) is 0. The zero-order chi connectivity index (χ0) is 11.5. The fourth-order valence-electron chi connectivity index (χ4n) is 2.70. The summed E-state index contributed by atoms with van der Waals surface area (Å²) in [5.41, 5.74) is 0. The third-order valence-electron chi connectivity index (χ3n) is 3.63. The van der Waals surface area contributed by atoms with Crippen LogP contribution in [0.4, 0.5) is 0 Å². The predicted molar refractivity (Wildman–Crippen MR) is 69.6 cm³/mol. The first-order chi connectivity index (χ1) is 7.76. The number of halogens is 1. The molecule has 3 atom stereocenters. The van der Waals surface area contributed by atoms with Gasteiger partial charge in [0, 0.05) is 12.0 Å². The minimum Gasteiger partial charge on any atom is -0.454 e. The van der Waals surface area contributed by atoms with Gasteiger partial charge in [0.05, 0.1) is 0 Å². The maximum Gasteiger partial charge on any atom is 0.169 e. The van der Waals surface area contributed by atoms with Crippen LogP contribution in [-0.4, -0.2) is 12.6 Å². The van der Waals surface area contributed by atoms with Crippen molar-refractivity contribution < 1.29 is 4.42 Å². The molecule has 1 heterocycles. The highest BCUT2D eigenvalue weighted by Gasteiger charge is 2.41. The van der Waals surface area contributed by atoms with Crippen LogP contribution in [0.25, 0.3) is 0 Å². The number of hydrogen-bond acceptors (Lipinski definition) is 2. The van der Waals surface area contributed by atoms with Gasteiger partial charge in [0.2, 0.25) is 0 Å². The molecule has 0 aromatic carbocycles. The molecule has 0 spiro atoms. The zero-order valence-corrected chi connectivity index (χ0v) is 11.6. The Kier molecular flexibility index (Phi) is 4.09. The second kappa shape index (κ2) is 5.37. The van der Waals surface area contributed by atoms with Gasteiger partial charge in [0.25, 0.3) is 0 Å². The van der Waals surface area contributed by atoms with E-state index < -0.39 is 0 Å². The van der Waals surface area contributed by atoms with Crippen LogP contribution in [0, 0.1) is 5.92 Å². The Morgan fingerprint density at radius 2 is 2.25 bits per heavy atom. The SMILES string of the molecule is CCCNC1CC(c2ccc(Br)o2)C1CC.